The second kappa shape index (κ2) is 38.2. The quantitative estimate of drug-likeness (QED) is 0.0268. The van der Waals surface area contributed by atoms with Gasteiger partial charge in [-0.15, -0.1) is 0 Å². The summed E-state index contributed by atoms with van der Waals surface area (Å²) in [4.78, 5) is 0. The predicted molar refractivity (Wildman–Crippen MR) is 414 cm³/mol. The molecule has 0 spiro atoms. The van der Waals surface area contributed by atoms with Gasteiger partial charge in [0.15, 0.2) is 69.0 Å². The second-order valence-electron chi connectivity index (χ2n) is 26.3. The zero-order valence-corrected chi connectivity index (χ0v) is 61.7. The first-order valence-corrected chi connectivity index (χ1v) is 38.1. The molecule has 0 saturated heterocycles. The minimum Gasteiger partial charge on any atom is -0.490 e. The van der Waals surface area contributed by atoms with Gasteiger partial charge in [-0.25, -0.2) is 0 Å². The third kappa shape index (κ3) is 18.7. The third-order valence-electron chi connectivity index (χ3n) is 18.3. The molecule has 0 unspecified atom stereocenters. The van der Waals surface area contributed by atoms with Crippen LogP contribution in [-0.2, 0) is 0 Å². The topological polar surface area (TPSA) is 111 Å². The molecule has 100 heavy (non-hydrogen) atoms. The highest BCUT2D eigenvalue weighted by Crippen LogP contribution is 2.51. The van der Waals surface area contributed by atoms with E-state index in [2.05, 4.69) is 166 Å². The van der Waals surface area contributed by atoms with Crippen LogP contribution in [0.5, 0.6) is 80.5 Å². The monoisotopic (exact) mass is 1360 g/mol. The van der Waals surface area contributed by atoms with Gasteiger partial charge in [-0.1, -0.05) is 158 Å². The maximum Gasteiger partial charge on any atom is 0.169 e. The fourth-order valence-electron chi connectivity index (χ4n) is 12.3. The Balaban J connectivity index is 1.03. The Labute approximate surface area is 595 Å². The zero-order valence-electron chi connectivity index (χ0n) is 61.7. The first kappa shape index (κ1) is 74.1. The van der Waals surface area contributed by atoms with E-state index in [9.17, 15) is 0 Å². The molecular formula is C88H110O12. The molecule has 0 bridgehead atoms. The normalized spacial score (nSPS) is 11.5. The van der Waals surface area contributed by atoms with Crippen molar-refractivity contribution >= 4 is 64.6 Å². The van der Waals surface area contributed by atoms with Crippen LogP contribution in [0.2, 0.25) is 0 Å². The highest BCUT2D eigenvalue weighted by atomic mass is 16.5. The van der Waals surface area contributed by atoms with Crippen molar-refractivity contribution in [2.75, 3.05) is 66.1 Å². The van der Waals surface area contributed by atoms with Crippen LogP contribution in [-0.4, -0.2) is 66.1 Å². The summed E-state index contributed by atoms with van der Waals surface area (Å²) >= 11 is 0. The number of ether oxygens (including phenoxy) is 12. The van der Waals surface area contributed by atoms with Crippen molar-refractivity contribution < 1.29 is 56.8 Å². The largest absolute Gasteiger partial charge is 0.490 e. The number of hydrogen-bond acceptors (Lipinski definition) is 12. The maximum atomic E-state index is 7.00. The van der Waals surface area contributed by atoms with E-state index in [1.54, 1.807) is 0 Å². The van der Waals surface area contributed by atoms with Gasteiger partial charge in [0.2, 0.25) is 0 Å². The molecule has 12 nitrogen and oxygen atoms in total. The predicted octanol–water partition coefficient (Wildman–Crippen LogP) is 25.6. The van der Waals surface area contributed by atoms with Gasteiger partial charge >= 0.3 is 0 Å². The number of unbranched alkanes of at least 4 members (excludes halogenated alkanes) is 10. The van der Waals surface area contributed by atoms with Gasteiger partial charge in [0.1, 0.15) is 11.5 Å². The van der Waals surface area contributed by atoms with Gasteiger partial charge in [-0.2, -0.15) is 0 Å². The summed E-state index contributed by atoms with van der Waals surface area (Å²) in [7, 11) is 0. The minimum atomic E-state index is 0.538. The number of fused-ring (bicyclic) bond motifs is 12. The van der Waals surface area contributed by atoms with E-state index in [0.29, 0.717) is 101 Å². The van der Waals surface area contributed by atoms with Crippen molar-refractivity contribution in [1.29, 1.82) is 0 Å². The Bertz CT molecular complexity index is 3870. The van der Waals surface area contributed by atoms with Crippen LogP contribution in [0.4, 0.5) is 0 Å². The molecular weight excluding hydrogens is 1250 g/mol. The lowest BCUT2D eigenvalue weighted by molar-refractivity contribution is 0.262. The molecule has 10 aromatic carbocycles. The van der Waals surface area contributed by atoms with Crippen LogP contribution in [0.15, 0.2) is 121 Å². The van der Waals surface area contributed by atoms with E-state index < -0.39 is 0 Å². The summed E-state index contributed by atoms with van der Waals surface area (Å²) in [5.74, 6) is 9.79. The van der Waals surface area contributed by atoms with Gasteiger partial charge in [-0.3, -0.25) is 0 Å². The van der Waals surface area contributed by atoms with Crippen molar-refractivity contribution in [2.24, 2.45) is 0 Å². The van der Waals surface area contributed by atoms with Crippen LogP contribution in [0, 0.1) is 0 Å². The van der Waals surface area contributed by atoms with Gasteiger partial charge in [0.25, 0.3) is 0 Å². The molecule has 10 aromatic rings. The lowest BCUT2D eigenvalue weighted by atomic mass is 9.93. The smallest absolute Gasteiger partial charge is 0.169 e. The van der Waals surface area contributed by atoms with Crippen molar-refractivity contribution in [1.82, 2.24) is 0 Å². The first-order chi connectivity index (χ1) is 49.2. The summed E-state index contributed by atoms with van der Waals surface area (Å²) in [6.07, 6.45) is 19.4. The Morgan fingerprint density at radius 2 is 0.300 bits per heavy atom. The Morgan fingerprint density at radius 3 is 0.440 bits per heavy atom. The van der Waals surface area contributed by atoms with Crippen molar-refractivity contribution in [3.63, 3.8) is 0 Å². The number of rotatable bonds is 45. The van der Waals surface area contributed by atoms with Crippen molar-refractivity contribution in [2.45, 2.75) is 198 Å². The van der Waals surface area contributed by atoms with E-state index in [0.717, 1.165) is 250 Å². The van der Waals surface area contributed by atoms with Gasteiger partial charge in [0, 0.05) is 0 Å². The van der Waals surface area contributed by atoms with E-state index in [1.807, 2.05) is 24.3 Å². The molecule has 0 aliphatic carbocycles. The van der Waals surface area contributed by atoms with E-state index in [-0.39, 0.29) is 0 Å². The molecule has 0 amide bonds. The lowest BCUT2D eigenvalue weighted by Gasteiger charge is -2.20. The van der Waals surface area contributed by atoms with Crippen LogP contribution >= 0.6 is 0 Å². The summed E-state index contributed by atoms with van der Waals surface area (Å²) in [6.45, 7) is 27.6. The number of benzene rings is 10. The molecule has 534 valence electrons. The summed E-state index contributed by atoms with van der Waals surface area (Å²) in [6, 6.07) is 42.4. The molecule has 10 rings (SSSR count). The summed E-state index contributed by atoms with van der Waals surface area (Å²) in [5, 5.41) is 12.2. The highest BCUT2D eigenvalue weighted by Gasteiger charge is 2.24. The van der Waals surface area contributed by atoms with E-state index in [4.69, 9.17) is 56.8 Å². The molecule has 0 N–H and O–H groups in total. The minimum absolute atomic E-state index is 0.538. The Hall–Kier alpha value is -8.64. The van der Waals surface area contributed by atoms with E-state index in [1.165, 1.54) is 0 Å². The summed E-state index contributed by atoms with van der Waals surface area (Å²) < 4.78 is 80.1. The molecule has 0 fully saturated rings. The third-order valence-corrected chi connectivity index (χ3v) is 18.3. The van der Waals surface area contributed by atoms with Gasteiger partial charge in [0.05, 0.1) is 66.1 Å². The lowest BCUT2D eigenvalue weighted by Crippen LogP contribution is -2.04. The molecule has 0 aromatic heterocycles. The average Bonchev–Trinajstić information content (AvgIpc) is 0.733. The standard InChI is InChI=1S/C88H110O12/c1-11-21-39-89-77-49-65-67-51-79(91-41-23-13-3)83(95-45-27-17-7)55-71(67)75-59-87(85(97-47-29-19-9)57-73(75)69(65)53-81(77)93-43-25-15-5)99-63-35-31-61(32-36-63)62-33-37-64(38-34-62)100-88-60-76-72-56-84(96-46-28-18-8)80(92-42-24-14-4)52-68(72)66-50-78(90-40-22-12-2)82(94-44-26-16-6)54-70(66)74(76)58-86(88)98-48-30-20-10/h31-38,49-60H,11-30,39-48H2,1-10H3. The number of hydrogen-bond donors (Lipinski definition) is 0. The molecule has 0 radical (unpaired) electrons. The maximum absolute atomic E-state index is 7.00. The highest BCUT2D eigenvalue weighted by molar-refractivity contribution is 6.28. The Morgan fingerprint density at radius 1 is 0.170 bits per heavy atom. The molecule has 0 atom stereocenters. The van der Waals surface area contributed by atoms with Crippen LogP contribution in [0.3, 0.4) is 0 Å². The van der Waals surface area contributed by atoms with Crippen LogP contribution < -0.4 is 56.8 Å². The molecule has 0 aliphatic heterocycles. The molecule has 12 heteroatoms. The SMILES string of the molecule is CCCCOc1cc2c3cc(OCCCC)c(OCCCC)cc3c3cc(Oc4ccc(-c5ccc(Oc6cc7c8cc(OCCCC)c(OCCCC)cc8c8cc(OCCCC)c(OCCCC)cc8c7cc6OCCCC)cc5)cc4)c(OCCCC)cc3c2cc1OCCCC. The molecule has 0 heterocycles. The van der Waals surface area contributed by atoms with E-state index >= 15 is 0 Å². The molecule has 0 saturated carbocycles. The van der Waals surface area contributed by atoms with Crippen molar-refractivity contribution in [3.8, 4) is 91.6 Å². The zero-order chi connectivity index (χ0) is 70.0. The van der Waals surface area contributed by atoms with Gasteiger partial charge in [-0.05, 0) is 237 Å². The Kier molecular flexibility index (Phi) is 28.3. The fourth-order valence-corrected chi connectivity index (χ4v) is 12.3. The average molecular weight is 1360 g/mol. The van der Waals surface area contributed by atoms with Crippen LogP contribution in [0.1, 0.15) is 198 Å². The van der Waals surface area contributed by atoms with Gasteiger partial charge < -0.3 is 56.8 Å². The second-order valence-corrected chi connectivity index (χ2v) is 26.3. The molecule has 0 aliphatic rings. The van der Waals surface area contributed by atoms with Crippen molar-refractivity contribution in [3.05, 3.63) is 121 Å². The summed E-state index contributed by atoms with van der Waals surface area (Å²) in [5.41, 5.74) is 2.05. The fraction of sp³-hybridized carbons (Fsp3) is 0.455. The first-order valence-electron chi connectivity index (χ1n) is 38.1. The van der Waals surface area contributed by atoms with Crippen LogP contribution in [0.25, 0.3) is 75.8 Å².